The summed E-state index contributed by atoms with van der Waals surface area (Å²) in [5.74, 6) is 0.844. The van der Waals surface area contributed by atoms with Gasteiger partial charge in [0.15, 0.2) is 0 Å². The molecule has 32 heavy (non-hydrogen) atoms. The SMILES string of the molecule is C=CCN1CCC2(c3cccc(OC)c3)C[C@@H](NC(=O)c3ccccc3)CCC2(OC)C1. The maximum absolute atomic E-state index is 12.9. The smallest absolute Gasteiger partial charge is 0.251 e. The summed E-state index contributed by atoms with van der Waals surface area (Å²) in [5.41, 5.74) is 1.40. The van der Waals surface area contributed by atoms with Crippen molar-refractivity contribution in [1.29, 1.82) is 0 Å². The number of piperidine rings is 1. The van der Waals surface area contributed by atoms with Crippen LogP contribution in [-0.4, -0.2) is 56.3 Å². The molecule has 2 unspecified atom stereocenters. The number of hydrogen-bond donors (Lipinski definition) is 1. The number of carbonyl (C=O) groups excluding carboxylic acids is 1. The van der Waals surface area contributed by atoms with Gasteiger partial charge in [-0.15, -0.1) is 6.58 Å². The average Bonchev–Trinajstić information content (AvgIpc) is 2.84. The van der Waals surface area contributed by atoms with Gasteiger partial charge in [-0.1, -0.05) is 36.4 Å². The topological polar surface area (TPSA) is 50.8 Å². The molecule has 5 nitrogen and oxygen atoms in total. The predicted octanol–water partition coefficient (Wildman–Crippen LogP) is 4.19. The maximum atomic E-state index is 12.9. The fourth-order valence-corrected chi connectivity index (χ4v) is 5.83. The molecule has 2 aromatic carbocycles. The largest absolute Gasteiger partial charge is 0.497 e. The van der Waals surface area contributed by atoms with Crippen LogP contribution in [0.1, 0.15) is 41.6 Å². The fourth-order valence-electron chi connectivity index (χ4n) is 5.83. The van der Waals surface area contributed by atoms with Crippen LogP contribution in [0.3, 0.4) is 0 Å². The fraction of sp³-hybridized carbons (Fsp3) is 0.444. The van der Waals surface area contributed by atoms with E-state index in [1.54, 1.807) is 7.11 Å². The van der Waals surface area contributed by atoms with E-state index in [4.69, 9.17) is 9.47 Å². The molecule has 1 aliphatic carbocycles. The number of rotatable bonds is 7. The lowest BCUT2D eigenvalue weighted by Gasteiger charge is -2.59. The number of methoxy groups -OCH3 is 2. The van der Waals surface area contributed by atoms with Crippen LogP contribution >= 0.6 is 0 Å². The Morgan fingerprint density at radius 3 is 2.72 bits per heavy atom. The molecule has 0 radical (unpaired) electrons. The van der Waals surface area contributed by atoms with Crippen LogP contribution in [-0.2, 0) is 10.2 Å². The number of likely N-dealkylation sites (tertiary alicyclic amines) is 1. The van der Waals surface area contributed by atoms with Crippen molar-refractivity contribution in [2.45, 2.75) is 42.7 Å². The number of nitrogens with zero attached hydrogens (tertiary/aromatic N) is 1. The Morgan fingerprint density at radius 2 is 2.00 bits per heavy atom. The lowest BCUT2D eigenvalue weighted by Crippen LogP contribution is -2.67. The molecule has 5 heteroatoms. The Balaban J connectivity index is 1.68. The van der Waals surface area contributed by atoms with Crippen LogP contribution in [0.4, 0.5) is 0 Å². The first-order chi connectivity index (χ1) is 15.6. The third-order valence-corrected chi connectivity index (χ3v) is 7.47. The molecule has 1 N–H and O–H groups in total. The van der Waals surface area contributed by atoms with Gasteiger partial charge >= 0.3 is 0 Å². The standard InChI is InChI=1S/C27H34N2O3/c1-4-16-29-17-15-26(22-11-8-12-24(18-22)31-2)19-23(13-14-27(26,20-29)32-3)28-25(30)21-9-6-5-7-10-21/h4-12,18,23H,1,13-17,19-20H2,2-3H3,(H,28,30)/t23-,26?,27?/m0/s1. The molecule has 0 aromatic heterocycles. The van der Waals surface area contributed by atoms with Crippen LogP contribution in [0.15, 0.2) is 67.3 Å². The first-order valence-corrected chi connectivity index (χ1v) is 11.4. The molecule has 0 bridgehead atoms. The molecular formula is C27H34N2O3. The van der Waals surface area contributed by atoms with Crippen LogP contribution < -0.4 is 10.1 Å². The number of benzene rings is 2. The Morgan fingerprint density at radius 1 is 1.19 bits per heavy atom. The minimum absolute atomic E-state index is 0.00889. The third kappa shape index (κ3) is 4.07. The van der Waals surface area contributed by atoms with Gasteiger partial charge < -0.3 is 14.8 Å². The first-order valence-electron chi connectivity index (χ1n) is 11.4. The van der Waals surface area contributed by atoms with E-state index in [-0.39, 0.29) is 23.0 Å². The Hall–Kier alpha value is -2.63. The number of fused-ring (bicyclic) bond motifs is 1. The summed E-state index contributed by atoms with van der Waals surface area (Å²) in [4.78, 5) is 15.3. The Labute approximate surface area is 191 Å². The van der Waals surface area contributed by atoms with Crippen LogP contribution in [0, 0.1) is 0 Å². The molecule has 1 heterocycles. The number of hydrogen-bond acceptors (Lipinski definition) is 4. The molecule has 2 fully saturated rings. The second-order valence-corrected chi connectivity index (χ2v) is 9.07. The molecular weight excluding hydrogens is 400 g/mol. The number of ether oxygens (including phenoxy) is 2. The molecule has 2 aliphatic rings. The van der Waals surface area contributed by atoms with Crippen molar-refractivity contribution in [2.75, 3.05) is 33.9 Å². The van der Waals surface area contributed by atoms with E-state index in [0.29, 0.717) is 5.56 Å². The first kappa shape index (κ1) is 22.6. The van der Waals surface area contributed by atoms with E-state index >= 15 is 0 Å². The van der Waals surface area contributed by atoms with Gasteiger partial charge in [0, 0.05) is 37.2 Å². The quantitative estimate of drug-likeness (QED) is 0.664. The Bertz CT molecular complexity index is 947. The van der Waals surface area contributed by atoms with E-state index in [2.05, 4.69) is 35.0 Å². The number of amides is 1. The molecule has 4 rings (SSSR count). The van der Waals surface area contributed by atoms with Crippen molar-refractivity contribution in [3.63, 3.8) is 0 Å². The second kappa shape index (κ2) is 9.47. The lowest BCUT2D eigenvalue weighted by atomic mass is 9.55. The monoisotopic (exact) mass is 434 g/mol. The van der Waals surface area contributed by atoms with E-state index in [1.807, 2.05) is 49.6 Å². The molecule has 170 valence electrons. The zero-order valence-corrected chi connectivity index (χ0v) is 19.2. The highest BCUT2D eigenvalue weighted by Crippen LogP contribution is 2.53. The molecule has 2 aromatic rings. The van der Waals surface area contributed by atoms with Gasteiger partial charge in [-0.05, 0) is 62.1 Å². The highest BCUT2D eigenvalue weighted by molar-refractivity contribution is 5.94. The zero-order chi connectivity index (χ0) is 22.6. The summed E-state index contributed by atoms with van der Waals surface area (Å²) in [5, 5.41) is 3.31. The van der Waals surface area contributed by atoms with Crippen LogP contribution in [0.2, 0.25) is 0 Å². The van der Waals surface area contributed by atoms with Crippen LogP contribution in [0.5, 0.6) is 5.75 Å². The van der Waals surface area contributed by atoms with Gasteiger partial charge in [-0.3, -0.25) is 9.69 Å². The van der Waals surface area contributed by atoms with Gasteiger partial charge in [0.1, 0.15) is 5.75 Å². The number of carbonyl (C=O) groups is 1. The zero-order valence-electron chi connectivity index (χ0n) is 19.2. The second-order valence-electron chi connectivity index (χ2n) is 9.07. The maximum Gasteiger partial charge on any atom is 0.251 e. The summed E-state index contributed by atoms with van der Waals surface area (Å²) >= 11 is 0. The van der Waals surface area contributed by atoms with Gasteiger partial charge in [-0.2, -0.15) is 0 Å². The summed E-state index contributed by atoms with van der Waals surface area (Å²) in [6.45, 7) is 6.61. The van der Waals surface area contributed by atoms with Crippen molar-refractivity contribution >= 4 is 5.91 Å². The van der Waals surface area contributed by atoms with E-state index in [0.717, 1.165) is 51.1 Å². The van der Waals surface area contributed by atoms with Crippen molar-refractivity contribution in [1.82, 2.24) is 10.2 Å². The highest BCUT2D eigenvalue weighted by atomic mass is 16.5. The van der Waals surface area contributed by atoms with Gasteiger partial charge in [0.25, 0.3) is 5.91 Å². The summed E-state index contributed by atoms with van der Waals surface area (Å²) in [6, 6.07) is 17.9. The molecule has 1 saturated carbocycles. The van der Waals surface area contributed by atoms with E-state index in [9.17, 15) is 4.79 Å². The Kier molecular flexibility index (Phi) is 6.68. The van der Waals surface area contributed by atoms with Gasteiger partial charge in [0.2, 0.25) is 0 Å². The molecule has 1 saturated heterocycles. The highest BCUT2D eigenvalue weighted by Gasteiger charge is 2.58. The van der Waals surface area contributed by atoms with Gasteiger partial charge in [-0.25, -0.2) is 0 Å². The van der Waals surface area contributed by atoms with Crippen molar-refractivity contribution in [2.24, 2.45) is 0 Å². The van der Waals surface area contributed by atoms with Gasteiger partial charge in [0.05, 0.1) is 12.7 Å². The van der Waals surface area contributed by atoms with Crippen molar-refractivity contribution < 1.29 is 14.3 Å². The lowest BCUT2D eigenvalue weighted by molar-refractivity contribution is -0.146. The molecule has 1 amide bonds. The van der Waals surface area contributed by atoms with Crippen molar-refractivity contribution in [3.05, 3.63) is 78.4 Å². The average molecular weight is 435 g/mol. The summed E-state index contributed by atoms with van der Waals surface area (Å²) in [6.07, 6.45) is 5.54. The minimum atomic E-state index is -0.325. The molecule has 1 aliphatic heterocycles. The van der Waals surface area contributed by atoms with Crippen molar-refractivity contribution in [3.8, 4) is 5.75 Å². The van der Waals surface area contributed by atoms with Crippen LogP contribution in [0.25, 0.3) is 0 Å². The number of nitrogens with one attached hydrogen (secondary N) is 1. The summed E-state index contributed by atoms with van der Waals surface area (Å²) < 4.78 is 12.0. The minimum Gasteiger partial charge on any atom is -0.497 e. The van der Waals surface area contributed by atoms with E-state index < -0.39 is 0 Å². The predicted molar refractivity (Wildman–Crippen MR) is 127 cm³/mol. The normalized spacial score (nSPS) is 27.9. The summed E-state index contributed by atoms with van der Waals surface area (Å²) in [7, 11) is 3.55. The molecule has 3 atom stereocenters. The third-order valence-electron chi connectivity index (χ3n) is 7.47. The molecule has 0 spiro atoms. The van der Waals surface area contributed by atoms with E-state index in [1.165, 1.54) is 5.56 Å².